The van der Waals surface area contributed by atoms with E-state index >= 15 is 0 Å². The van der Waals surface area contributed by atoms with Crippen molar-refractivity contribution < 1.29 is 8.42 Å². The highest BCUT2D eigenvalue weighted by atomic mass is 32.2. The maximum Gasteiger partial charge on any atom is 0.158 e. The molecule has 0 radical (unpaired) electrons. The van der Waals surface area contributed by atoms with Gasteiger partial charge in [0.05, 0.1) is 11.4 Å². The number of anilines is 1. The van der Waals surface area contributed by atoms with Crippen LogP contribution < -0.4 is 5.73 Å². The molecule has 1 unspecified atom stereocenters. The molecule has 0 saturated carbocycles. The predicted molar refractivity (Wildman–Crippen MR) is 62.8 cm³/mol. The van der Waals surface area contributed by atoms with Crippen LogP contribution in [0.1, 0.15) is 42.7 Å². The third-order valence-corrected chi connectivity index (χ3v) is 5.38. The Hall–Kier alpha value is -1.04. The maximum absolute atomic E-state index is 12.0. The molecule has 1 atom stereocenters. The van der Waals surface area contributed by atoms with Crippen molar-refractivity contribution in [2.24, 2.45) is 0 Å². The molecule has 1 aliphatic rings. The molecule has 90 valence electrons. The summed E-state index contributed by atoms with van der Waals surface area (Å²) in [5.41, 5.74) is 7.27. The molecular formula is C10H17N3O2S. The van der Waals surface area contributed by atoms with Crippen LogP contribution in [-0.4, -0.2) is 24.4 Å². The van der Waals surface area contributed by atoms with Crippen LogP contribution in [0, 0.1) is 0 Å². The molecule has 0 aromatic carbocycles. The number of aromatic amines is 1. The third kappa shape index (κ3) is 1.81. The van der Waals surface area contributed by atoms with Gasteiger partial charge in [-0.2, -0.15) is 5.10 Å². The number of nitrogens with zero attached hydrogens (tertiary/aromatic N) is 1. The van der Waals surface area contributed by atoms with E-state index in [0.29, 0.717) is 24.4 Å². The van der Waals surface area contributed by atoms with Gasteiger partial charge in [0.15, 0.2) is 9.84 Å². The van der Waals surface area contributed by atoms with Crippen molar-refractivity contribution in [3.8, 4) is 0 Å². The molecule has 3 N–H and O–H groups in total. The minimum Gasteiger partial charge on any atom is -0.382 e. The smallest absolute Gasteiger partial charge is 0.158 e. The van der Waals surface area contributed by atoms with Gasteiger partial charge in [-0.1, -0.05) is 13.3 Å². The number of nitrogens with two attached hydrogens (primary N) is 1. The number of nitrogens with one attached hydrogen (secondary N) is 1. The fourth-order valence-electron chi connectivity index (χ4n) is 2.31. The maximum atomic E-state index is 12.0. The lowest BCUT2D eigenvalue weighted by molar-refractivity contribution is 0.541. The topological polar surface area (TPSA) is 88.8 Å². The van der Waals surface area contributed by atoms with Gasteiger partial charge in [0.25, 0.3) is 0 Å². The fraction of sp³-hybridized carbons (Fsp3) is 0.700. The Labute approximate surface area is 95.3 Å². The van der Waals surface area contributed by atoms with E-state index in [1.807, 2.05) is 6.92 Å². The fourth-order valence-corrected chi connectivity index (χ4v) is 4.28. The first kappa shape index (κ1) is 11.4. The highest BCUT2D eigenvalue weighted by Gasteiger charge is 2.33. The summed E-state index contributed by atoms with van der Waals surface area (Å²) < 4.78 is 23.9. The van der Waals surface area contributed by atoms with Crippen LogP contribution in [0.2, 0.25) is 0 Å². The summed E-state index contributed by atoms with van der Waals surface area (Å²) in [6, 6.07) is 0. The van der Waals surface area contributed by atoms with Crippen LogP contribution in [0.5, 0.6) is 0 Å². The Morgan fingerprint density at radius 2 is 2.25 bits per heavy atom. The first-order chi connectivity index (χ1) is 7.56. The first-order valence-electron chi connectivity index (χ1n) is 5.60. The molecule has 5 nitrogen and oxygen atoms in total. The minimum atomic E-state index is -3.02. The molecule has 1 aromatic rings. The molecule has 6 heteroatoms. The highest BCUT2D eigenvalue weighted by Crippen LogP contribution is 2.35. The minimum absolute atomic E-state index is 0.278. The van der Waals surface area contributed by atoms with Crippen molar-refractivity contribution in [3.05, 3.63) is 11.3 Å². The van der Waals surface area contributed by atoms with Crippen LogP contribution >= 0.6 is 0 Å². The quantitative estimate of drug-likeness (QED) is 0.816. The lowest BCUT2D eigenvalue weighted by Crippen LogP contribution is -2.22. The van der Waals surface area contributed by atoms with Crippen LogP contribution in [0.4, 0.5) is 5.82 Å². The lowest BCUT2D eigenvalue weighted by atomic mass is 10.1. The summed E-state index contributed by atoms with van der Waals surface area (Å²) in [4.78, 5) is 0. The first-order valence-corrected chi connectivity index (χ1v) is 7.32. The summed E-state index contributed by atoms with van der Waals surface area (Å²) in [6.45, 7) is 1.96. The summed E-state index contributed by atoms with van der Waals surface area (Å²) >= 11 is 0. The number of hydrogen-bond donors (Lipinski definition) is 2. The zero-order chi connectivity index (χ0) is 11.8. The molecular weight excluding hydrogens is 226 g/mol. The van der Waals surface area contributed by atoms with Crippen molar-refractivity contribution in [2.45, 2.75) is 37.9 Å². The Morgan fingerprint density at radius 3 is 2.88 bits per heavy atom. The van der Waals surface area contributed by atoms with E-state index in [9.17, 15) is 8.42 Å². The second-order valence-corrected chi connectivity index (χ2v) is 6.51. The van der Waals surface area contributed by atoms with Gasteiger partial charge < -0.3 is 5.73 Å². The average Bonchev–Trinajstić information content (AvgIpc) is 2.58. The van der Waals surface area contributed by atoms with Gasteiger partial charge in [-0.15, -0.1) is 0 Å². The van der Waals surface area contributed by atoms with Crippen molar-refractivity contribution in [1.29, 1.82) is 0 Å². The monoisotopic (exact) mass is 243 g/mol. The number of sulfone groups is 1. The van der Waals surface area contributed by atoms with Crippen molar-refractivity contribution in [1.82, 2.24) is 10.2 Å². The molecule has 2 heterocycles. The van der Waals surface area contributed by atoms with Crippen molar-refractivity contribution in [3.63, 3.8) is 0 Å². The van der Waals surface area contributed by atoms with Crippen LogP contribution in [0.25, 0.3) is 0 Å². The summed E-state index contributed by atoms with van der Waals surface area (Å²) in [6.07, 6.45) is 3.11. The molecule has 0 spiro atoms. The van der Waals surface area contributed by atoms with Crippen LogP contribution in [-0.2, 0) is 16.3 Å². The Morgan fingerprint density at radius 1 is 1.50 bits per heavy atom. The third-order valence-electron chi connectivity index (χ3n) is 3.19. The molecule has 2 rings (SSSR count). The predicted octanol–water partition coefficient (Wildman–Crippen LogP) is 1.19. The lowest BCUT2D eigenvalue weighted by Gasteiger charge is -2.21. The molecule has 1 aliphatic heterocycles. The van der Waals surface area contributed by atoms with Gasteiger partial charge in [-0.3, -0.25) is 5.10 Å². The molecule has 0 amide bonds. The Bertz CT molecular complexity index is 478. The highest BCUT2D eigenvalue weighted by molar-refractivity contribution is 7.91. The van der Waals surface area contributed by atoms with Crippen molar-refractivity contribution in [2.75, 3.05) is 11.5 Å². The number of nitrogen functional groups attached to an aromatic ring is 1. The normalized spacial score (nSPS) is 24.4. The van der Waals surface area contributed by atoms with E-state index in [1.54, 1.807) is 0 Å². The van der Waals surface area contributed by atoms with Crippen molar-refractivity contribution >= 4 is 15.7 Å². The number of aromatic nitrogens is 2. The number of hydrogen-bond acceptors (Lipinski definition) is 4. The molecule has 1 saturated heterocycles. The zero-order valence-electron chi connectivity index (χ0n) is 9.36. The van der Waals surface area contributed by atoms with Gasteiger partial charge >= 0.3 is 0 Å². The molecule has 0 aliphatic carbocycles. The largest absolute Gasteiger partial charge is 0.382 e. The number of rotatable bonds is 2. The van der Waals surface area contributed by atoms with Gasteiger partial charge in [0, 0.05) is 5.56 Å². The standard InChI is InChI=1S/C10H17N3O2S/c1-2-7-9(12-13-10(7)11)8-5-3-4-6-16(8,14)15/h8H,2-6H2,1H3,(H3,11,12,13). The zero-order valence-corrected chi connectivity index (χ0v) is 10.2. The molecule has 0 bridgehead atoms. The molecule has 1 fully saturated rings. The van der Waals surface area contributed by atoms with E-state index in [-0.39, 0.29) is 5.75 Å². The average molecular weight is 243 g/mol. The second-order valence-electron chi connectivity index (χ2n) is 4.21. The summed E-state index contributed by atoms with van der Waals surface area (Å²) in [5.74, 6) is 0.706. The van der Waals surface area contributed by atoms with Crippen LogP contribution in [0.3, 0.4) is 0 Å². The SMILES string of the molecule is CCc1c(N)n[nH]c1C1CCCCS1(=O)=O. The molecule has 1 aromatic heterocycles. The van der Waals surface area contributed by atoms with E-state index in [0.717, 1.165) is 18.4 Å². The van der Waals surface area contributed by atoms with Gasteiger partial charge in [-0.25, -0.2) is 8.42 Å². The van der Waals surface area contributed by atoms with E-state index in [1.165, 1.54) is 0 Å². The van der Waals surface area contributed by atoms with E-state index in [2.05, 4.69) is 10.2 Å². The second kappa shape index (κ2) is 4.08. The summed E-state index contributed by atoms with van der Waals surface area (Å²) in [5, 5.41) is 6.28. The van der Waals surface area contributed by atoms with E-state index < -0.39 is 15.1 Å². The van der Waals surface area contributed by atoms with E-state index in [4.69, 9.17) is 5.73 Å². The Balaban J connectivity index is 2.43. The van der Waals surface area contributed by atoms with Crippen LogP contribution in [0.15, 0.2) is 0 Å². The van der Waals surface area contributed by atoms with Gasteiger partial charge in [0.1, 0.15) is 11.1 Å². The molecule has 16 heavy (non-hydrogen) atoms. The summed E-state index contributed by atoms with van der Waals surface area (Å²) in [7, 11) is -3.02. The van der Waals surface area contributed by atoms with Gasteiger partial charge in [-0.05, 0) is 19.3 Å². The Kier molecular flexibility index (Phi) is 2.92. The van der Waals surface area contributed by atoms with Gasteiger partial charge in [0.2, 0.25) is 0 Å². The number of H-pyrrole nitrogens is 1.